The van der Waals surface area contributed by atoms with E-state index in [0.717, 1.165) is 35.4 Å². The predicted octanol–water partition coefficient (Wildman–Crippen LogP) is 3.69. The predicted molar refractivity (Wildman–Crippen MR) is 114 cm³/mol. The molecule has 2 amide bonds. The first-order valence-corrected chi connectivity index (χ1v) is 11.0. The summed E-state index contributed by atoms with van der Waals surface area (Å²) >= 11 is 1.58. The number of aryl methyl sites for hydroxylation is 1. The number of methoxy groups -OCH3 is 1. The van der Waals surface area contributed by atoms with E-state index in [0.29, 0.717) is 18.8 Å². The lowest BCUT2D eigenvalue weighted by Crippen LogP contribution is -2.50. The third kappa shape index (κ3) is 2.84. The Bertz CT molecular complexity index is 986. The maximum Gasteiger partial charge on any atom is 0.268 e. The number of fused-ring (bicyclic) bond motifs is 2. The summed E-state index contributed by atoms with van der Waals surface area (Å²) in [7, 11) is 1.63. The second kappa shape index (κ2) is 6.80. The van der Waals surface area contributed by atoms with E-state index >= 15 is 0 Å². The first kappa shape index (κ1) is 18.6. The van der Waals surface area contributed by atoms with Gasteiger partial charge in [-0.25, -0.2) is 0 Å². The summed E-state index contributed by atoms with van der Waals surface area (Å²) in [6.07, 6.45) is 1.87. The monoisotopic (exact) mass is 408 g/mol. The number of hydrogen-bond acceptors (Lipinski definition) is 4. The molecule has 2 heterocycles. The summed E-state index contributed by atoms with van der Waals surface area (Å²) < 4.78 is 5.46. The van der Waals surface area contributed by atoms with Crippen molar-refractivity contribution >= 4 is 29.3 Å². The van der Waals surface area contributed by atoms with E-state index in [9.17, 15) is 9.59 Å². The number of carbonyl (C=O) groups excluding carboxylic acids is 2. The molecule has 0 aromatic heterocycles. The summed E-state index contributed by atoms with van der Waals surface area (Å²) in [5, 5.41) is 0. The summed E-state index contributed by atoms with van der Waals surface area (Å²) in [4.78, 5) is 29.7. The van der Waals surface area contributed by atoms with Gasteiger partial charge >= 0.3 is 0 Å². The van der Waals surface area contributed by atoms with Crippen LogP contribution in [-0.4, -0.2) is 36.1 Å². The van der Waals surface area contributed by atoms with Crippen LogP contribution in [0, 0.1) is 12.8 Å². The largest absolute Gasteiger partial charge is 0.497 e. The van der Waals surface area contributed by atoms with Crippen molar-refractivity contribution in [2.24, 2.45) is 5.92 Å². The van der Waals surface area contributed by atoms with E-state index in [2.05, 4.69) is 31.2 Å². The van der Waals surface area contributed by atoms with Crippen LogP contribution < -0.4 is 9.64 Å². The molecule has 5 rings (SSSR count). The molecule has 1 saturated carbocycles. The summed E-state index contributed by atoms with van der Waals surface area (Å²) in [5.74, 6) is 1.66. The zero-order valence-corrected chi connectivity index (χ0v) is 17.5. The number of thioether (sulfide) groups is 1. The average molecular weight is 409 g/mol. The van der Waals surface area contributed by atoms with Crippen LogP contribution in [0.3, 0.4) is 0 Å². The molecule has 1 atom stereocenters. The Hall–Kier alpha value is -2.47. The standard InChI is InChI=1S/C23H24N2O3S/c1-15-3-5-16(6-4-15)14-24-20-10-9-18(28-2)13-19(20)23(22(24)27)25(11-12-29-23)21(26)17-7-8-17/h3-6,9-10,13,17H,7-8,11-12,14H2,1-2H3. The van der Waals surface area contributed by atoms with Crippen LogP contribution >= 0.6 is 11.8 Å². The number of hydrogen-bond donors (Lipinski definition) is 0. The first-order chi connectivity index (χ1) is 14.0. The molecule has 1 aliphatic carbocycles. The van der Waals surface area contributed by atoms with Gasteiger partial charge in [0.1, 0.15) is 5.75 Å². The number of benzene rings is 2. The Kier molecular flexibility index (Phi) is 4.35. The van der Waals surface area contributed by atoms with Crippen LogP contribution in [0.15, 0.2) is 42.5 Å². The SMILES string of the molecule is COc1ccc2c(c1)C1(SCCN1C(=O)C1CC1)C(=O)N2Cc1ccc(C)cc1. The number of nitrogens with zero attached hydrogens (tertiary/aromatic N) is 2. The van der Waals surface area contributed by atoms with Gasteiger partial charge < -0.3 is 14.5 Å². The molecule has 2 aromatic rings. The smallest absolute Gasteiger partial charge is 0.268 e. The topological polar surface area (TPSA) is 49.9 Å². The van der Waals surface area contributed by atoms with Gasteiger partial charge in [0.25, 0.3) is 5.91 Å². The third-order valence-electron chi connectivity index (χ3n) is 6.05. The maximum atomic E-state index is 13.9. The quantitative estimate of drug-likeness (QED) is 0.774. The minimum Gasteiger partial charge on any atom is -0.497 e. The van der Waals surface area contributed by atoms with Crippen LogP contribution in [0.5, 0.6) is 5.75 Å². The van der Waals surface area contributed by atoms with E-state index in [-0.39, 0.29) is 17.7 Å². The van der Waals surface area contributed by atoms with Crippen LogP contribution in [-0.2, 0) is 21.0 Å². The van der Waals surface area contributed by atoms with Gasteiger partial charge in [0.2, 0.25) is 5.91 Å². The first-order valence-electron chi connectivity index (χ1n) is 10.1. The molecule has 1 saturated heterocycles. The van der Waals surface area contributed by atoms with Crippen molar-refractivity contribution in [3.05, 3.63) is 59.2 Å². The molecule has 0 radical (unpaired) electrons. The second-order valence-electron chi connectivity index (χ2n) is 8.02. The van der Waals surface area contributed by atoms with Crippen LogP contribution in [0.2, 0.25) is 0 Å². The Morgan fingerprint density at radius 3 is 2.66 bits per heavy atom. The van der Waals surface area contributed by atoms with Gasteiger partial charge in [-0.3, -0.25) is 9.59 Å². The van der Waals surface area contributed by atoms with Gasteiger partial charge in [-0.05, 0) is 43.5 Å². The van der Waals surface area contributed by atoms with Crippen LogP contribution in [0.4, 0.5) is 5.69 Å². The van der Waals surface area contributed by atoms with Crippen molar-refractivity contribution in [3.63, 3.8) is 0 Å². The second-order valence-corrected chi connectivity index (χ2v) is 9.30. The molecule has 150 valence electrons. The third-order valence-corrected chi connectivity index (χ3v) is 7.47. The Morgan fingerprint density at radius 2 is 1.97 bits per heavy atom. The molecule has 0 N–H and O–H groups in total. The molecule has 6 heteroatoms. The number of ether oxygens (including phenoxy) is 1. The number of amides is 2. The van der Waals surface area contributed by atoms with Crippen molar-refractivity contribution in [2.75, 3.05) is 24.3 Å². The van der Waals surface area contributed by atoms with E-state index in [1.165, 1.54) is 5.56 Å². The van der Waals surface area contributed by atoms with Gasteiger partial charge in [0.05, 0.1) is 19.3 Å². The molecule has 3 aliphatic rings. The molecule has 2 aromatic carbocycles. The van der Waals surface area contributed by atoms with Gasteiger partial charge in [-0.1, -0.05) is 29.8 Å². The highest BCUT2D eigenvalue weighted by atomic mass is 32.2. The van der Waals surface area contributed by atoms with E-state index in [1.807, 2.05) is 28.0 Å². The van der Waals surface area contributed by atoms with Gasteiger partial charge in [0, 0.05) is 23.8 Å². The van der Waals surface area contributed by atoms with Gasteiger partial charge in [0.15, 0.2) is 4.87 Å². The van der Waals surface area contributed by atoms with Gasteiger partial charge in [-0.2, -0.15) is 0 Å². The summed E-state index contributed by atoms with van der Waals surface area (Å²) in [6, 6.07) is 14.0. The number of rotatable bonds is 4. The Labute approximate surface area is 175 Å². The van der Waals surface area contributed by atoms with Crippen molar-refractivity contribution in [1.29, 1.82) is 0 Å². The summed E-state index contributed by atoms with van der Waals surface area (Å²) in [6.45, 7) is 3.16. The highest BCUT2D eigenvalue weighted by molar-refractivity contribution is 8.01. The Morgan fingerprint density at radius 1 is 1.21 bits per heavy atom. The maximum absolute atomic E-state index is 13.9. The molecule has 5 nitrogen and oxygen atoms in total. The normalized spacial score (nSPS) is 23.0. The fourth-order valence-corrected chi connectivity index (χ4v) is 5.78. The fourth-order valence-electron chi connectivity index (χ4n) is 4.33. The molecule has 0 bridgehead atoms. The van der Waals surface area contributed by atoms with E-state index < -0.39 is 4.87 Å². The van der Waals surface area contributed by atoms with Crippen molar-refractivity contribution in [2.45, 2.75) is 31.2 Å². The highest BCUT2D eigenvalue weighted by Gasteiger charge is 2.60. The molecular formula is C23H24N2O3S. The fraction of sp³-hybridized carbons (Fsp3) is 0.391. The zero-order valence-electron chi connectivity index (χ0n) is 16.7. The van der Waals surface area contributed by atoms with E-state index in [1.54, 1.807) is 18.9 Å². The van der Waals surface area contributed by atoms with Crippen molar-refractivity contribution < 1.29 is 14.3 Å². The van der Waals surface area contributed by atoms with E-state index in [4.69, 9.17) is 4.74 Å². The van der Waals surface area contributed by atoms with Crippen LogP contribution in [0.1, 0.15) is 29.5 Å². The molecule has 1 unspecified atom stereocenters. The van der Waals surface area contributed by atoms with Crippen LogP contribution in [0.25, 0.3) is 0 Å². The molecule has 2 aliphatic heterocycles. The molecule has 1 spiro atoms. The summed E-state index contributed by atoms with van der Waals surface area (Å²) in [5.41, 5.74) is 4.02. The van der Waals surface area contributed by atoms with Gasteiger partial charge in [-0.15, -0.1) is 11.8 Å². The number of carbonyl (C=O) groups is 2. The molecular weight excluding hydrogens is 384 g/mol. The molecule has 29 heavy (non-hydrogen) atoms. The Balaban J connectivity index is 1.60. The van der Waals surface area contributed by atoms with Crippen molar-refractivity contribution in [3.8, 4) is 5.75 Å². The molecule has 2 fully saturated rings. The zero-order chi connectivity index (χ0) is 20.2. The minimum atomic E-state index is -0.964. The lowest BCUT2D eigenvalue weighted by Gasteiger charge is -2.33. The average Bonchev–Trinajstić information content (AvgIpc) is 3.46. The minimum absolute atomic E-state index is 0.0159. The highest BCUT2D eigenvalue weighted by Crippen LogP contribution is 2.56. The lowest BCUT2D eigenvalue weighted by molar-refractivity contribution is -0.141. The lowest BCUT2D eigenvalue weighted by atomic mass is 10.0. The van der Waals surface area contributed by atoms with Crippen molar-refractivity contribution in [1.82, 2.24) is 4.90 Å². The number of anilines is 1.